The fraction of sp³-hybridized carbons (Fsp3) is 0.333. The third-order valence-corrected chi connectivity index (χ3v) is 2.34. The zero-order valence-corrected chi connectivity index (χ0v) is 9.89. The van der Waals surface area contributed by atoms with Crippen molar-refractivity contribution >= 4 is 28.9 Å². The molecule has 1 aromatic rings. The minimum Gasteiger partial charge on any atom is -0.389 e. The molecule has 7 heteroatoms. The van der Waals surface area contributed by atoms with Crippen molar-refractivity contribution < 1.29 is 4.79 Å². The Kier molecular flexibility index (Phi) is 3.73. The summed E-state index contributed by atoms with van der Waals surface area (Å²) in [5, 5.41) is 10.6. The maximum atomic E-state index is 10.7. The van der Waals surface area contributed by atoms with Crippen LogP contribution in [0.25, 0.3) is 0 Å². The summed E-state index contributed by atoms with van der Waals surface area (Å²) in [4.78, 5) is 10.9. The maximum Gasteiger partial charge on any atom is 0.236 e. The number of thiocarbonyl (C=S) groups is 1. The summed E-state index contributed by atoms with van der Waals surface area (Å²) in [6.07, 6.45) is 0. The van der Waals surface area contributed by atoms with Crippen LogP contribution in [0.5, 0.6) is 0 Å². The number of nitrogens with one attached hydrogen (secondary N) is 1. The first-order chi connectivity index (χ1) is 7.43. The molecule has 86 valence electrons. The molecule has 0 fully saturated rings. The molecule has 1 rings (SSSR count). The fourth-order valence-corrected chi connectivity index (χ4v) is 1.45. The number of hydrogen-bond donors (Lipinski definition) is 3. The molecule has 0 atom stereocenters. The van der Waals surface area contributed by atoms with Gasteiger partial charge in [0.2, 0.25) is 5.91 Å². The number of hydrogen-bond acceptors (Lipinski definition) is 5. The van der Waals surface area contributed by atoms with Crippen molar-refractivity contribution in [1.29, 1.82) is 0 Å². The Hall–Kier alpha value is -1.76. The number of carbonyl (C=O) groups excluding carboxylic acids is 1. The van der Waals surface area contributed by atoms with Crippen LogP contribution in [0.1, 0.15) is 16.8 Å². The second-order valence-corrected chi connectivity index (χ2v) is 3.76. The molecule has 5 N–H and O–H groups in total. The van der Waals surface area contributed by atoms with E-state index in [1.165, 1.54) is 0 Å². The van der Waals surface area contributed by atoms with Crippen molar-refractivity contribution in [2.45, 2.75) is 13.8 Å². The number of aryl methyl sites for hydroxylation is 1. The molecule has 16 heavy (non-hydrogen) atoms. The highest BCUT2D eigenvalue weighted by atomic mass is 32.1. The van der Waals surface area contributed by atoms with Crippen LogP contribution in [-0.2, 0) is 4.79 Å². The summed E-state index contributed by atoms with van der Waals surface area (Å²) in [6.45, 7) is 3.61. The molecular formula is C9H13N5OS. The SMILES string of the molecule is Cc1nnc(NCC(N)=O)c(C(N)=S)c1C. The van der Waals surface area contributed by atoms with Crippen LogP contribution >= 0.6 is 12.2 Å². The van der Waals surface area contributed by atoms with Gasteiger partial charge in [-0.05, 0) is 19.4 Å². The summed E-state index contributed by atoms with van der Waals surface area (Å²) in [5.74, 6) is -0.108. The minimum atomic E-state index is -0.492. The van der Waals surface area contributed by atoms with Crippen LogP contribution in [0, 0.1) is 13.8 Å². The highest BCUT2D eigenvalue weighted by Crippen LogP contribution is 2.17. The highest BCUT2D eigenvalue weighted by Gasteiger charge is 2.13. The third kappa shape index (κ3) is 2.63. The van der Waals surface area contributed by atoms with Crippen molar-refractivity contribution in [2.75, 3.05) is 11.9 Å². The van der Waals surface area contributed by atoms with E-state index in [2.05, 4.69) is 15.5 Å². The van der Waals surface area contributed by atoms with Crippen LogP contribution in [0.15, 0.2) is 0 Å². The van der Waals surface area contributed by atoms with Gasteiger partial charge in [-0.3, -0.25) is 4.79 Å². The van der Waals surface area contributed by atoms with Gasteiger partial charge in [-0.15, -0.1) is 5.10 Å². The fourth-order valence-electron chi connectivity index (χ4n) is 1.20. The Bertz CT molecular complexity index is 446. The van der Waals surface area contributed by atoms with Gasteiger partial charge < -0.3 is 16.8 Å². The normalized spacial score (nSPS) is 9.88. The van der Waals surface area contributed by atoms with Crippen LogP contribution in [0.2, 0.25) is 0 Å². The standard InChI is InChI=1S/C9H13N5OS/c1-4-5(2)13-14-9(7(4)8(11)16)12-3-6(10)15/h3H2,1-2H3,(H2,10,15)(H2,11,16)(H,12,14). The van der Waals surface area contributed by atoms with E-state index in [0.29, 0.717) is 11.4 Å². The predicted octanol–water partition coefficient (Wildman–Crippen LogP) is -0.375. The molecule has 0 aliphatic rings. The highest BCUT2D eigenvalue weighted by molar-refractivity contribution is 7.80. The summed E-state index contributed by atoms with van der Waals surface area (Å²) in [7, 11) is 0. The van der Waals surface area contributed by atoms with E-state index in [0.717, 1.165) is 11.3 Å². The average Bonchev–Trinajstić information content (AvgIpc) is 2.19. The zero-order chi connectivity index (χ0) is 12.3. The second-order valence-electron chi connectivity index (χ2n) is 3.32. The monoisotopic (exact) mass is 239 g/mol. The van der Waals surface area contributed by atoms with Crippen molar-refractivity contribution in [1.82, 2.24) is 10.2 Å². The lowest BCUT2D eigenvalue weighted by molar-refractivity contribution is -0.116. The summed E-state index contributed by atoms with van der Waals surface area (Å²) >= 11 is 4.93. The Labute approximate surface area is 98.4 Å². The molecule has 0 spiro atoms. The molecule has 0 aromatic carbocycles. The lowest BCUT2D eigenvalue weighted by atomic mass is 10.1. The lowest BCUT2D eigenvalue weighted by Crippen LogP contribution is -2.25. The molecule has 1 amide bonds. The van der Waals surface area contributed by atoms with Gasteiger partial charge in [0.05, 0.1) is 17.8 Å². The van der Waals surface area contributed by atoms with Crippen LogP contribution in [0.4, 0.5) is 5.82 Å². The average molecular weight is 239 g/mol. The van der Waals surface area contributed by atoms with Crippen molar-refractivity contribution in [3.05, 3.63) is 16.8 Å². The number of amides is 1. The van der Waals surface area contributed by atoms with Gasteiger partial charge in [0, 0.05) is 0 Å². The molecule has 0 saturated heterocycles. The van der Waals surface area contributed by atoms with Crippen molar-refractivity contribution in [2.24, 2.45) is 11.5 Å². The first-order valence-electron chi connectivity index (χ1n) is 4.59. The van der Waals surface area contributed by atoms with E-state index in [4.69, 9.17) is 23.7 Å². The molecule has 0 unspecified atom stereocenters. The van der Waals surface area contributed by atoms with E-state index >= 15 is 0 Å². The number of rotatable bonds is 4. The first kappa shape index (κ1) is 12.3. The minimum absolute atomic E-state index is 0.0349. The van der Waals surface area contributed by atoms with Gasteiger partial charge in [0.25, 0.3) is 0 Å². The molecule has 6 nitrogen and oxygen atoms in total. The number of primary amides is 1. The summed E-state index contributed by atoms with van der Waals surface area (Å²) < 4.78 is 0. The van der Waals surface area contributed by atoms with Crippen LogP contribution in [0.3, 0.4) is 0 Å². The van der Waals surface area contributed by atoms with Crippen molar-refractivity contribution in [3.63, 3.8) is 0 Å². The molecule has 0 radical (unpaired) electrons. The van der Waals surface area contributed by atoms with E-state index in [9.17, 15) is 4.79 Å². The van der Waals surface area contributed by atoms with E-state index in [-0.39, 0.29) is 11.5 Å². The molecule has 0 aliphatic carbocycles. The molecule has 1 heterocycles. The Morgan fingerprint density at radius 3 is 2.50 bits per heavy atom. The molecule has 0 bridgehead atoms. The number of anilines is 1. The van der Waals surface area contributed by atoms with Gasteiger partial charge in [-0.2, -0.15) is 5.10 Å². The van der Waals surface area contributed by atoms with Crippen molar-refractivity contribution in [3.8, 4) is 0 Å². The Morgan fingerprint density at radius 2 is 2.00 bits per heavy atom. The second kappa shape index (κ2) is 4.84. The Morgan fingerprint density at radius 1 is 1.38 bits per heavy atom. The molecule has 0 saturated carbocycles. The number of carbonyl (C=O) groups is 1. The number of nitrogens with two attached hydrogens (primary N) is 2. The molecular weight excluding hydrogens is 226 g/mol. The van der Waals surface area contributed by atoms with E-state index < -0.39 is 5.91 Å². The van der Waals surface area contributed by atoms with Gasteiger partial charge >= 0.3 is 0 Å². The largest absolute Gasteiger partial charge is 0.389 e. The van der Waals surface area contributed by atoms with E-state index in [1.54, 1.807) is 0 Å². The number of nitrogens with zero attached hydrogens (tertiary/aromatic N) is 2. The van der Waals surface area contributed by atoms with Gasteiger partial charge in [0.15, 0.2) is 5.82 Å². The Balaban J connectivity index is 3.13. The lowest BCUT2D eigenvalue weighted by Gasteiger charge is -2.11. The van der Waals surface area contributed by atoms with Crippen LogP contribution in [-0.4, -0.2) is 27.6 Å². The van der Waals surface area contributed by atoms with Gasteiger partial charge in [-0.25, -0.2) is 0 Å². The van der Waals surface area contributed by atoms with Crippen LogP contribution < -0.4 is 16.8 Å². The molecule has 0 aliphatic heterocycles. The smallest absolute Gasteiger partial charge is 0.236 e. The zero-order valence-electron chi connectivity index (χ0n) is 9.07. The van der Waals surface area contributed by atoms with Gasteiger partial charge in [-0.1, -0.05) is 12.2 Å². The predicted molar refractivity (Wildman–Crippen MR) is 65.1 cm³/mol. The molecule has 1 aromatic heterocycles. The first-order valence-corrected chi connectivity index (χ1v) is 5.00. The van der Waals surface area contributed by atoms with E-state index in [1.807, 2.05) is 13.8 Å². The summed E-state index contributed by atoms with van der Waals surface area (Å²) in [5.41, 5.74) is 12.8. The quantitative estimate of drug-likeness (QED) is 0.619. The third-order valence-electron chi connectivity index (χ3n) is 2.13. The topological polar surface area (TPSA) is 107 Å². The number of aromatic nitrogens is 2. The maximum absolute atomic E-state index is 10.7. The van der Waals surface area contributed by atoms with Gasteiger partial charge in [0.1, 0.15) is 4.99 Å². The summed E-state index contributed by atoms with van der Waals surface area (Å²) in [6, 6.07) is 0.